The summed E-state index contributed by atoms with van der Waals surface area (Å²) in [7, 11) is 1.70. The van der Waals surface area contributed by atoms with Gasteiger partial charge in [0.2, 0.25) is 0 Å². The van der Waals surface area contributed by atoms with E-state index >= 15 is 0 Å². The van der Waals surface area contributed by atoms with Crippen molar-refractivity contribution in [2.24, 2.45) is 7.05 Å². The fraction of sp³-hybridized carbons (Fsp3) is 0.167. The number of halogens is 1. The van der Waals surface area contributed by atoms with Crippen LogP contribution in [0.5, 0.6) is 0 Å². The molecule has 1 aromatic heterocycles. The summed E-state index contributed by atoms with van der Waals surface area (Å²) < 4.78 is 1.48. The fourth-order valence-electron chi connectivity index (χ4n) is 1.60. The van der Waals surface area contributed by atoms with Crippen LogP contribution in [0.15, 0.2) is 30.3 Å². The van der Waals surface area contributed by atoms with Gasteiger partial charge in [0.25, 0.3) is 5.91 Å². The van der Waals surface area contributed by atoms with E-state index < -0.39 is 0 Å². The summed E-state index contributed by atoms with van der Waals surface area (Å²) in [6.07, 6.45) is 0. The zero-order chi connectivity index (χ0) is 12.4. The number of amides is 1. The Balaban J connectivity index is 2.27. The normalized spacial score (nSPS) is 10.3. The minimum atomic E-state index is -0.244. The minimum Gasteiger partial charge on any atom is -0.322 e. The van der Waals surface area contributed by atoms with Crippen molar-refractivity contribution in [2.75, 3.05) is 5.32 Å². The Morgan fingerprint density at radius 3 is 2.53 bits per heavy atom. The van der Waals surface area contributed by atoms with Gasteiger partial charge in [-0.05, 0) is 19.1 Å². The van der Waals surface area contributed by atoms with Crippen molar-refractivity contribution in [2.45, 2.75) is 6.92 Å². The molecule has 0 unspecified atom stereocenters. The third-order valence-electron chi connectivity index (χ3n) is 2.41. The van der Waals surface area contributed by atoms with Crippen LogP contribution >= 0.6 is 11.6 Å². The molecule has 5 heteroatoms. The van der Waals surface area contributed by atoms with E-state index in [1.807, 2.05) is 30.3 Å². The van der Waals surface area contributed by atoms with Crippen LogP contribution < -0.4 is 5.32 Å². The molecule has 0 bridgehead atoms. The maximum absolute atomic E-state index is 12.0. The predicted octanol–water partition coefficient (Wildman–Crippen LogP) is 2.63. The number of hydrogen-bond donors (Lipinski definition) is 1. The molecular formula is C12H12ClN3O. The molecule has 17 heavy (non-hydrogen) atoms. The lowest BCUT2D eigenvalue weighted by molar-refractivity contribution is 0.102. The molecule has 0 aliphatic carbocycles. The van der Waals surface area contributed by atoms with Crippen LogP contribution in [0.4, 0.5) is 5.69 Å². The zero-order valence-corrected chi connectivity index (χ0v) is 10.3. The van der Waals surface area contributed by atoms with Crippen LogP contribution in [0.3, 0.4) is 0 Å². The molecule has 0 fully saturated rings. The first-order chi connectivity index (χ1) is 8.09. The Kier molecular flexibility index (Phi) is 3.15. The Hall–Kier alpha value is -1.81. The van der Waals surface area contributed by atoms with Crippen LogP contribution in [-0.4, -0.2) is 15.7 Å². The van der Waals surface area contributed by atoms with E-state index in [1.165, 1.54) is 4.68 Å². The van der Waals surface area contributed by atoms with Gasteiger partial charge in [-0.25, -0.2) is 0 Å². The summed E-state index contributed by atoms with van der Waals surface area (Å²) >= 11 is 6.01. The number of benzene rings is 1. The molecule has 1 N–H and O–H groups in total. The SMILES string of the molecule is Cc1nn(C)c(Cl)c1C(=O)Nc1ccccc1. The second-order valence-electron chi connectivity index (χ2n) is 3.69. The van der Waals surface area contributed by atoms with Gasteiger partial charge in [-0.3, -0.25) is 9.48 Å². The molecular weight excluding hydrogens is 238 g/mol. The molecule has 88 valence electrons. The number of aryl methyl sites for hydroxylation is 2. The van der Waals surface area contributed by atoms with Gasteiger partial charge < -0.3 is 5.32 Å². The monoisotopic (exact) mass is 249 g/mol. The molecule has 2 aromatic rings. The second kappa shape index (κ2) is 4.59. The number of hydrogen-bond acceptors (Lipinski definition) is 2. The standard InChI is InChI=1S/C12H12ClN3O/c1-8-10(11(13)16(2)15-8)12(17)14-9-6-4-3-5-7-9/h3-7H,1-2H3,(H,14,17). The lowest BCUT2D eigenvalue weighted by Crippen LogP contribution is -2.12. The number of nitrogens with zero attached hydrogens (tertiary/aromatic N) is 2. The summed E-state index contributed by atoms with van der Waals surface area (Å²) in [5, 5.41) is 7.22. The van der Waals surface area contributed by atoms with Crippen LogP contribution in [-0.2, 0) is 7.05 Å². The van der Waals surface area contributed by atoms with Crippen LogP contribution in [0.25, 0.3) is 0 Å². The number of anilines is 1. The van der Waals surface area contributed by atoms with Crippen LogP contribution in [0.1, 0.15) is 16.1 Å². The zero-order valence-electron chi connectivity index (χ0n) is 9.57. The van der Waals surface area contributed by atoms with Crippen molar-refractivity contribution in [1.29, 1.82) is 0 Å². The minimum absolute atomic E-state index is 0.244. The third kappa shape index (κ3) is 2.31. The van der Waals surface area contributed by atoms with E-state index in [0.29, 0.717) is 16.4 Å². The molecule has 0 spiro atoms. The summed E-state index contributed by atoms with van der Waals surface area (Å²) in [4.78, 5) is 12.0. The molecule has 4 nitrogen and oxygen atoms in total. The molecule has 1 heterocycles. The largest absolute Gasteiger partial charge is 0.322 e. The van der Waals surface area contributed by atoms with E-state index in [1.54, 1.807) is 14.0 Å². The number of para-hydroxylation sites is 1. The number of rotatable bonds is 2. The highest BCUT2D eigenvalue weighted by atomic mass is 35.5. The van der Waals surface area contributed by atoms with E-state index in [4.69, 9.17) is 11.6 Å². The second-order valence-corrected chi connectivity index (χ2v) is 4.05. The first kappa shape index (κ1) is 11.7. The van der Waals surface area contributed by atoms with Gasteiger partial charge in [-0.1, -0.05) is 29.8 Å². The topological polar surface area (TPSA) is 46.9 Å². The van der Waals surface area contributed by atoms with Gasteiger partial charge in [0.1, 0.15) is 5.15 Å². The van der Waals surface area contributed by atoms with E-state index in [-0.39, 0.29) is 5.91 Å². The number of nitrogens with one attached hydrogen (secondary N) is 1. The summed E-state index contributed by atoms with van der Waals surface area (Å²) in [6.45, 7) is 1.76. The summed E-state index contributed by atoms with van der Waals surface area (Å²) in [5.41, 5.74) is 1.76. The Morgan fingerprint density at radius 2 is 2.00 bits per heavy atom. The Labute approximate surface area is 104 Å². The highest BCUT2D eigenvalue weighted by Gasteiger charge is 2.18. The van der Waals surface area contributed by atoms with Gasteiger partial charge in [0.15, 0.2) is 0 Å². The average molecular weight is 250 g/mol. The molecule has 0 aliphatic rings. The van der Waals surface area contributed by atoms with Gasteiger partial charge in [-0.2, -0.15) is 5.10 Å². The molecule has 0 atom stereocenters. The molecule has 1 aromatic carbocycles. The van der Waals surface area contributed by atoms with Gasteiger partial charge in [0, 0.05) is 12.7 Å². The summed E-state index contributed by atoms with van der Waals surface area (Å²) in [6, 6.07) is 9.23. The quantitative estimate of drug-likeness (QED) is 0.889. The van der Waals surface area contributed by atoms with Gasteiger partial charge >= 0.3 is 0 Å². The van der Waals surface area contributed by atoms with E-state index in [2.05, 4.69) is 10.4 Å². The number of carbonyl (C=O) groups excluding carboxylic acids is 1. The van der Waals surface area contributed by atoms with Crippen LogP contribution in [0, 0.1) is 6.92 Å². The molecule has 0 saturated heterocycles. The predicted molar refractivity (Wildman–Crippen MR) is 67.4 cm³/mol. The van der Waals surface area contributed by atoms with Crippen molar-refractivity contribution >= 4 is 23.2 Å². The lowest BCUT2D eigenvalue weighted by Gasteiger charge is -2.04. The van der Waals surface area contributed by atoms with Crippen LogP contribution in [0.2, 0.25) is 5.15 Å². The fourth-order valence-corrected chi connectivity index (χ4v) is 1.86. The van der Waals surface area contributed by atoms with Crippen molar-refractivity contribution in [3.8, 4) is 0 Å². The van der Waals surface area contributed by atoms with E-state index in [9.17, 15) is 4.79 Å². The van der Waals surface area contributed by atoms with E-state index in [0.717, 1.165) is 5.69 Å². The van der Waals surface area contributed by atoms with Gasteiger partial charge in [0.05, 0.1) is 11.3 Å². The Bertz CT molecular complexity index is 548. The first-order valence-corrected chi connectivity index (χ1v) is 5.53. The van der Waals surface area contributed by atoms with Crippen molar-refractivity contribution < 1.29 is 4.79 Å². The third-order valence-corrected chi connectivity index (χ3v) is 2.84. The molecule has 0 aliphatic heterocycles. The highest BCUT2D eigenvalue weighted by Crippen LogP contribution is 2.20. The summed E-state index contributed by atoms with van der Waals surface area (Å²) in [5.74, 6) is -0.244. The Morgan fingerprint density at radius 1 is 1.35 bits per heavy atom. The smallest absolute Gasteiger partial charge is 0.260 e. The maximum atomic E-state index is 12.0. The molecule has 1 amide bonds. The number of aromatic nitrogens is 2. The molecule has 2 rings (SSSR count). The molecule has 0 radical (unpaired) electrons. The molecule has 0 saturated carbocycles. The average Bonchev–Trinajstić information content (AvgIpc) is 2.54. The van der Waals surface area contributed by atoms with Crippen molar-refractivity contribution in [3.05, 3.63) is 46.7 Å². The van der Waals surface area contributed by atoms with Gasteiger partial charge in [-0.15, -0.1) is 0 Å². The van der Waals surface area contributed by atoms with Crippen molar-refractivity contribution in [3.63, 3.8) is 0 Å². The maximum Gasteiger partial charge on any atom is 0.260 e. The lowest BCUT2D eigenvalue weighted by atomic mass is 10.2. The first-order valence-electron chi connectivity index (χ1n) is 5.15. The number of carbonyl (C=O) groups is 1. The highest BCUT2D eigenvalue weighted by molar-refractivity contribution is 6.33. The van der Waals surface area contributed by atoms with Crippen molar-refractivity contribution in [1.82, 2.24) is 9.78 Å².